The second-order valence-electron chi connectivity index (χ2n) is 8.10. The minimum atomic E-state index is -1.07. The smallest absolute Gasteiger partial charge is 0.302 e. The molecule has 122 valence electrons. The van der Waals surface area contributed by atoms with Gasteiger partial charge in [0.05, 0.1) is 0 Å². The molecule has 0 saturated heterocycles. The molecule has 2 aliphatic carbocycles. The molecule has 5 atom stereocenters. The second-order valence-corrected chi connectivity index (χ2v) is 8.10. The normalized spacial score (nSPS) is 45.8. The summed E-state index contributed by atoms with van der Waals surface area (Å²) < 4.78 is 5.54. The lowest BCUT2D eigenvalue weighted by atomic mass is 9.45. The molecule has 2 fully saturated rings. The van der Waals surface area contributed by atoms with E-state index in [2.05, 4.69) is 20.8 Å². The van der Waals surface area contributed by atoms with Gasteiger partial charge in [0.25, 0.3) is 0 Å². The molecule has 2 aliphatic rings. The highest BCUT2D eigenvalue weighted by molar-refractivity contribution is 5.66. The summed E-state index contributed by atoms with van der Waals surface area (Å²) in [5, 5.41) is 22.6. The van der Waals surface area contributed by atoms with E-state index in [1.807, 2.05) is 0 Å². The van der Waals surface area contributed by atoms with Crippen LogP contribution in [0.25, 0.3) is 0 Å². The largest absolute Gasteiger partial charge is 0.849 e. The van der Waals surface area contributed by atoms with Gasteiger partial charge < -0.3 is 14.9 Å². The summed E-state index contributed by atoms with van der Waals surface area (Å²) in [6, 6.07) is 0. The van der Waals surface area contributed by atoms with Crippen LogP contribution in [0.4, 0.5) is 0 Å². The van der Waals surface area contributed by atoms with Gasteiger partial charge in [0, 0.05) is 18.9 Å². The Bertz CT molecular complexity index is 415. The zero-order valence-corrected chi connectivity index (χ0v) is 13.9. The molecule has 0 aromatic rings. The molecule has 0 aromatic carbocycles. The van der Waals surface area contributed by atoms with Crippen LogP contribution in [0.15, 0.2) is 0 Å². The van der Waals surface area contributed by atoms with Crippen molar-refractivity contribution in [3.63, 3.8) is 0 Å². The van der Waals surface area contributed by atoms with E-state index in [-0.39, 0.29) is 35.4 Å². The fraction of sp³-hybridized carbons (Fsp3) is 0.941. The number of hydrogen-bond donors (Lipinski definition) is 1. The molecule has 5 unspecified atom stereocenters. The summed E-state index contributed by atoms with van der Waals surface area (Å²) in [4.78, 5) is 11.4. The van der Waals surface area contributed by atoms with Crippen LogP contribution in [-0.2, 0) is 9.53 Å². The number of aliphatic hydroxyl groups excluding tert-OH is 1. The van der Waals surface area contributed by atoms with Crippen molar-refractivity contribution in [1.29, 1.82) is 0 Å². The number of carbonyl (C=O) groups excluding carboxylic acids is 1. The van der Waals surface area contributed by atoms with Gasteiger partial charge in [0.2, 0.25) is 0 Å². The summed E-state index contributed by atoms with van der Waals surface area (Å²) in [7, 11) is 0. The third kappa shape index (κ3) is 2.61. The molecule has 0 aromatic heterocycles. The van der Waals surface area contributed by atoms with E-state index in [0.29, 0.717) is 12.3 Å². The topological polar surface area (TPSA) is 69.6 Å². The van der Waals surface area contributed by atoms with Crippen LogP contribution in [0.2, 0.25) is 0 Å². The average molecular weight is 297 g/mol. The van der Waals surface area contributed by atoms with Gasteiger partial charge in [-0.05, 0) is 30.1 Å². The number of esters is 1. The minimum Gasteiger partial charge on any atom is -0.849 e. The predicted molar refractivity (Wildman–Crippen MR) is 78.4 cm³/mol. The maximum absolute atomic E-state index is 12.8. The second kappa shape index (κ2) is 5.24. The van der Waals surface area contributed by atoms with Crippen LogP contribution in [0.5, 0.6) is 0 Å². The van der Waals surface area contributed by atoms with Crippen LogP contribution in [0, 0.1) is 22.7 Å². The Labute approximate surface area is 127 Å². The van der Waals surface area contributed by atoms with Gasteiger partial charge in [0.1, 0.15) is 6.10 Å². The Morgan fingerprint density at radius 2 is 1.86 bits per heavy atom. The molecule has 0 bridgehead atoms. The number of aliphatic hydroxyl groups is 1. The third-order valence-electron chi connectivity index (χ3n) is 6.42. The quantitative estimate of drug-likeness (QED) is 0.790. The molecule has 0 radical (unpaired) electrons. The summed E-state index contributed by atoms with van der Waals surface area (Å²) >= 11 is 0. The number of fused-ring (bicyclic) bond motifs is 1. The zero-order valence-electron chi connectivity index (χ0n) is 13.9. The molecule has 4 nitrogen and oxygen atoms in total. The number of hydrogen-bond acceptors (Lipinski definition) is 4. The van der Waals surface area contributed by atoms with Crippen molar-refractivity contribution in [1.82, 2.24) is 0 Å². The lowest BCUT2D eigenvalue weighted by Crippen LogP contribution is -2.65. The Kier molecular flexibility index (Phi) is 4.18. The first-order valence-corrected chi connectivity index (χ1v) is 8.04. The maximum atomic E-state index is 12.8. The highest BCUT2D eigenvalue weighted by Crippen LogP contribution is 2.61. The van der Waals surface area contributed by atoms with Crippen LogP contribution in [0.3, 0.4) is 0 Å². The molecule has 0 amide bonds. The van der Waals surface area contributed by atoms with E-state index < -0.39 is 5.60 Å². The molecular formula is C17H29O4-. The first kappa shape index (κ1) is 16.8. The van der Waals surface area contributed by atoms with E-state index in [9.17, 15) is 15.0 Å². The first-order chi connectivity index (χ1) is 9.55. The first-order valence-electron chi connectivity index (χ1n) is 8.04. The Morgan fingerprint density at radius 3 is 2.38 bits per heavy atom. The summed E-state index contributed by atoms with van der Waals surface area (Å²) in [5.41, 5.74) is -1.41. The van der Waals surface area contributed by atoms with E-state index in [1.54, 1.807) is 6.92 Å². The van der Waals surface area contributed by atoms with E-state index in [4.69, 9.17) is 4.74 Å². The van der Waals surface area contributed by atoms with Crippen molar-refractivity contribution in [3.8, 4) is 0 Å². The zero-order chi connectivity index (χ0) is 16.1. The lowest BCUT2D eigenvalue weighted by molar-refractivity contribution is -0.506. The van der Waals surface area contributed by atoms with Crippen molar-refractivity contribution < 1.29 is 19.7 Å². The fourth-order valence-corrected chi connectivity index (χ4v) is 5.30. The number of ether oxygens (including phenoxy) is 1. The van der Waals surface area contributed by atoms with Crippen LogP contribution in [0.1, 0.15) is 60.3 Å². The number of rotatable bonds is 2. The van der Waals surface area contributed by atoms with Gasteiger partial charge in [0.15, 0.2) is 0 Å². The van der Waals surface area contributed by atoms with Gasteiger partial charge in [-0.2, -0.15) is 0 Å². The molecule has 0 aliphatic heterocycles. The van der Waals surface area contributed by atoms with Crippen molar-refractivity contribution in [3.05, 3.63) is 0 Å². The van der Waals surface area contributed by atoms with Crippen molar-refractivity contribution in [2.24, 2.45) is 22.7 Å². The summed E-state index contributed by atoms with van der Waals surface area (Å²) in [6.45, 7) is 9.58. The molecule has 1 N–H and O–H groups in total. The predicted octanol–water partition coefficient (Wildman–Crippen LogP) is 1.88. The SMILES string of the molecule is CC(=O)OC1CCC2(C)C(CO)C(C)([O-])CCC2C1(C)C. The molecular weight excluding hydrogens is 268 g/mol. The lowest BCUT2D eigenvalue weighted by Gasteiger charge is -2.65. The van der Waals surface area contributed by atoms with Gasteiger partial charge in [-0.1, -0.05) is 40.5 Å². The monoisotopic (exact) mass is 297 g/mol. The molecule has 2 rings (SSSR count). The molecule has 4 heteroatoms. The van der Waals surface area contributed by atoms with E-state index >= 15 is 0 Å². The molecule has 21 heavy (non-hydrogen) atoms. The molecule has 2 saturated carbocycles. The molecule has 0 heterocycles. The fourth-order valence-electron chi connectivity index (χ4n) is 5.30. The molecule has 0 spiro atoms. The van der Waals surface area contributed by atoms with Crippen LogP contribution in [-0.4, -0.2) is 29.4 Å². The van der Waals surface area contributed by atoms with Gasteiger partial charge in [-0.3, -0.25) is 4.79 Å². The van der Waals surface area contributed by atoms with Crippen LogP contribution < -0.4 is 5.11 Å². The number of carbonyl (C=O) groups is 1. The summed E-state index contributed by atoms with van der Waals surface area (Å²) in [5.74, 6) is -0.177. The summed E-state index contributed by atoms with van der Waals surface area (Å²) in [6.07, 6.45) is 2.93. The van der Waals surface area contributed by atoms with Crippen molar-refractivity contribution >= 4 is 5.97 Å². The van der Waals surface area contributed by atoms with E-state index in [0.717, 1.165) is 19.3 Å². The Balaban J connectivity index is 2.34. The third-order valence-corrected chi connectivity index (χ3v) is 6.42. The Hall–Kier alpha value is -0.610. The highest BCUT2D eigenvalue weighted by atomic mass is 16.5. The average Bonchev–Trinajstić information content (AvgIpc) is 2.31. The maximum Gasteiger partial charge on any atom is 0.302 e. The highest BCUT2D eigenvalue weighted by Gasteiger charge is 2.58. The van der Waals surface area contributed by atoms with Crippen LogP contribution >= 0.6 is 0 Å². The minimum absolute atomic E-state index is 0.0543. The van der Waals surface area contributed by atoms with Crippen molar-refractivity contribution in [2.45, 2.75) is 72.0 Å². The van der Waals surface area contributed by atoms with Gasteiger partial charge >= 0.3 is 5.97 Å². The van der Waals surface area contributed by atoms with Gasteiger partial charge in [-0.25, -0.2) is 0 Å². The Morgan fingerprint density at radius 1 is 1.24 bits per heavy atom. The standard InChI is InChI=1S/C17H29O4/c1-11(19)21-14-7-8-16(4)12(15(14,2)3)6-9-17(5,20)13(16)10-18/h12-14,18H,6-10H2,1-5H3/q-1. The van der Waals surface area contributed by atoms with Gasteiger partial charge in [-0.15, -0.1) is 5.60 Å². The van der Waals surface area contributed by atoms with Crippen molar-refractivity contribution in [2.75, 3.05) is 6.61 Å². The van der Waals surface area contributed by atoms with E-state index in [1.165, 1.54) is 6.92 Å².